The van der Waals surface area contributed by atoms with Crippen LogP contribution < -0.4 is 0 Å². The maximum absolute atomic E-state index is 13.0. The maximum Gasteiger partial charge on any atom is 0.246 e. The second-order valence-electron chi connectivity index (χ2n) is 5.67. The van der Waals surface area contributed by atoms with Gasteiger partial charge in [-0.3, -0.25) is 14.0 Å². The lowest BCUT2D eigenvalue weighted by atomic mass is 10.3. The van der Waals surface area contributed by atoms with Gasteiger partial charge in [-0.05, 0) is 0 Å². The van der Waals surface area contributed by atoms with Crippen LogP contribution in [-0.2, 0) is 44.3 Å². The van der Waals surface area contributed by atoms with Gasteiger partial charge < -0.3 is 0 Å². The number of rotatable bonds is 6. The predicted octanol–water partition coefficient (Wildman–Crippen LogP) is 0.278. The first-order chi connectivity index (χ1) is 11.3. The van der Waals surface area contributed by atoms with Crippen molar-refractivity contribution in [3.63, 3.8) is 0 Å². The second kappa shape index (κ2) is 6.21. The zero-order valence-corrected chi connectivity index (χ0v) is 14.6. The van der Waals surface area contributed by atoms with Crippen molar-refractivity contribution >= 4 is 10.0 Å². The standard InChI is InChI=1S/C14H19N7O2S/c1-18-7-12(4-15-18)9-21(10-13-5-16-19(2)8-13)24(22,23)14-6-17-20(3)11-14/h4-8,11H,9-10H2,1-3H3. The Balaban J connectivity index is 1.94. The Labute approximate surface area is 140 Å². The number of nitrogens with zero attached hydrogens (tertiary/aromatic N) is 7. The zero-order chi connectivity index (χ0) is 17.3. The van der Waals surface area contributed by atoms with Crippen LogP contribution in [0.5, 0.6) is 0 Å². The maximum atomic E-state index is 13.0. The first-order valence-electron chi connectivity index (χ1n) is 7.28. The molecule has 0 spiro atoms. The topological polar surface area (TPSA) is 90.8 Å². The van der Waals surface area contributed by atoms with Crippen molar-refractivity contribution < 1.29 is 8.42 Å². The van der Waals surface area contributed by atoms with Crippen LogP contribution in [0.1, 0.15) is 11.1 Å². The highest BCUT2D eigenvalue weighted by atomic mass is 32.2. The average molecular weight is 349 g/mol. The van der Waals surface area contributed by atoms with Gasteiger partial charge in [-0.1, -0.05) is 0 Å². The summed E-state index contributed by atoms with van der Waals surface area (Å²) in [5.41, 5.74) is 1.63. The molecule has 0 fully saturated rings. The van der Waals surface area contributed by atoms with E-state index in [-0.39, 0.29) is 18.0 Å². The molecule has 0 saturated carbocycles. The van der Waals surface area contributed by atoms with Gasteiger partial charge in [-0.15, -0.1) is 0 Å². The predicted molar refractivity (Wildman–Crippen MR) is 86.1 cm³/mol. The molecule has 3 rings (SSSR count). The number of sulfonamides is 1. The quantitative estimate of drug-likeness (QED) is 0.637. The Kier molecular flexibility index (Phi) is 4.24. The third kappa shape index (κ3) is 3.39. The molecule has 0 atom stereocenters. The molecule has 10 heteroatoms. The minimum absolute atomic E-state index is 0.165. The normalized spacial score (nSPS) is 12.2. The molecule has 128 valence electrons. The third-order valence-corrected chi connectivity index (χ3v) is 5.30. The van der Waals surface area contributed by atoms with E-state index in [0.29, 0.717) is 0 Å². The van der Waals surface area contributed by atoms with Crippen molar-refractivity contribution in [2.45, 2.75) is 18.0 Å². The Morgan fingerprint density at radius 3 is 1.67 bits per heavy atom. The fraction of sp³-hybridized carbons (Fsp3) is 0.357. The highest BCUT2D eigenvalue weighted by Crippen LogP contribution is 2.20. The first kappa shape index (κ1) is 16.4. The van der Waals surface area contributed by atoms with Gasteiger partial charge in [0.2, 0.25) is 10.0 Å². The summed E-state index contributed by atoms with van der Waals surface area (Å²) < 4.78 is 32.1. The molecule has 3 aromatic rings. The minimum Gasteiger partial charge on any atom is -0.275 e. The second-order valence-corrected chi connectivity index (χ2v) is 7.61. The molecule has 0 amide bonds. The van der Waals surface area contributed by atoms with Crippen LogP contribution in [-0.4, -0.2) is 42.1 Å². The first-order valence-corrected chi connectivity index (χ1v) is 8.72. The Morgan fingerprint density at radius 1 is 0.833 bits per heavy atom. The van der Waals surface area contributed by atoms with E-state index in [1.165, 1.54) is 21.4 Å². The fourth-order valence-corrected chi connectivity index (χ4v) is 3.82. The molecule has 3 heterocycles. The highest BCUT2D eigenvalue weighted by molar-refractivity contribution is 7.89. The molecule has 0 aliphatic heterocycles. The summed E-state index contributed by atoms with van der Waals surface area (Å²) in [4.78, 5) is 0.165. The lowest BCUT2D eigenvalue weighted by Gasteiger charge is -2.20. The lowest BCUT2D eigenvalue weighted by Crippen LogP contribution is -2.30. The molecule has 0 radical (unpaired) electrons. The van der Waals surface area contributed by atoms with Crippen molar-refractivity contribution in [2.75, 3.05) is 0 Å². The van der Waals surface area contributed by atoms with E-state index in [1.54, 1.807) is 55.3 Å². The summed E-state index contributed by atoms with van der Waals surface area (Å²) in [6, 6.07) is 0. The van der Waals surface area contributed by atoms with Crippen molar-refractivity contribution in [1.29, 1.82) is 0 Å². The van der Waals surface area contributed by atoms with Crippen LogP contribution in [0.3, 0.4) is 0 Å². The molecule has 0 aromatic carbocycles. The summed E-state index contributed by atoms with van der Waals surface area (Å²) in [6.07, 6.45) is 9.78. The van der Waals surface area contributed by atoms with Crippen molar-refractivity contribution in [2.24, 2.45) is 21.1 Å². The van der Waals surface area contributed by atoms with Crippen LogP contribution in [0.4, 0.5) is 0 Å². The summed E-state index contributed by atoms with van der Waals surface area (Å²) in [5, 5.41) is 12.2. The average Bonchev–Trinajstić information content (AvgIpc) is 3.21. The monoisotopic (exact) mass is 349 g/mol. The number of hydrogen-bond acceptors (Lipinski definition) is 5. The molecule has 0 unspecified atom stereocenters. The molecular formula is C14H19N7O2S. The van der Waals surface area contributed by atoms with Crippen LogP contribution in [0, 0.1) is 0 Å². The number of hydrogen-bond donors (Lipinski definition) is 0. The lowest BCUT2D eigenvalue weighted by molar-refractivity contribution is 0.401. The van der Waals surface area contributed by atoms with Gasteiger partial charge in [0, 0.05) is 63.9 Å². The van der Waals surface area contributed by atoms with Gasteiger partial charge >= 0.3 is 0 Å². The minimum atomic E-state index is -3.68. The third-order valence-electron chi connectivity index (χ3n) is 3.55. The van der Waals surface area contributed by atoms with Gasteiger partial charge in [-0.25, -0.2) is 8.42 Å². The molecule has 3 aromatic heterocycles. The highest BCUT2D eigenvalue weighted by Gasteiger charge is 2.27. The van der Waals surface area contributed by atoms with Crippen LogP contribution in [0.25, 0.3) is 0 Å². The van der Waals surface area contributed by atoms with Gasteiger partial charge in [0.05, 0.1) is 18.6 Å². The summed E-state index contributed by atoms with van der Waals surface area (Å²) in [7, 11) is 1.60. The van der Waals surface area contributed by atoms with Gasteiger partial charge in [0.15, 0.2) is 0 Å². The molecule has 0 aliphatic carbocycles. The number of aromatic nitrogens is 6. The van der Waals surface area contributed by atoms with Gasteiger partial charge in [0.1, 0.15) is 4.90 Å². The van der Waals surface area contributed by atoms with Crippen LogP contribution in [0.2, 0.25) is 0 Å². The van der Waals surface area contributed by atoms with E-state index in [0.717, 1.165) is 11.1 Å². The zero-order valence-electron chi connectivity index (χ0n) is 13.7. The van der Waals surface area contributed by atoms with E-state index < -0.39 is 10.0 Å². The van der Waals surface area contributed by atoms with Crippen LogP contribution >= 0.6 is 0 Å². The van der Waals surface area contributed by atoms with Crippen molar-refractivity contribution in [3.8, 4) is 0 Å². The Bertz CT molecular complexity index is 896. The molecular weight excluding hydrogens is 330 g/mol. The van der Waals surface area contributed by atoms with E-state index in [1.807, 2.05) is 0 Å². The molecule has 9 nitrogen and oxygen atoms in total. The van der Waals surface area contributed by atoms with Gasteiger partial charge in [-0.2, -0.15) is 19.6 Å². The summed E-state index contributed by atoms with van der Waals surface area (Å²) in [6.45, 7) is 0.444. The molecule has 24 heavy (non-hydrogen) atoms. The number of aryl methyl sites for hydroxylation is 3. The smallest absolute Gasteiger partial charge is 0.246 e. The molecule has 0 N–H and O–H groups in total. The van der Waals surface area contributed by atoms with Gasteiger partial charge in [0.25, 0.3) is 0 Å². The van der Waals surface area contributed by atoms with Crippen LogP contribution in [0.15, 0.2) is 42.1 Å². The molecule has 0 bridgehead atoms. The summed E-state index contributed by atoms with van der Waals surface area (Å²) in [5.74, 6) is 0. The summed E-state index contributed by atoms with van der Waals surface area (Å²) >= 11 is 0. The largest absolute Gasteiger partial charge is 0.275 e. The Hall–Kier alpha value is -2.46. The van der Waals surface area contributed by atoms with Crippen molar-refractivity contribution in [3.05, 3.63) is 48.3 Å². The fourth-order valence-electron chi connectivity index (χ4n) is 2.42. The van der Waals surface area contributed by atoms with E-state index in [9.17, 15) is 8.42 Å². The Morgan fingerprint density at radius 2 is 1.29 bits per heavy atom. The van der Waals surface area contributed by atoms with Crippen molar-refractivity contribution in [1.82, 2.24) is 33.6 Å². The SMILES string of the molecule is Cn1cc(CN(Cc2cnn(C)c2)S(=O)(=O)c2cnn(C)c2)cn1. The van der Waals surface area contributed by atoms with E-state index in [2.05, 4.69) is 15.3 Å². The van der Waals surface area contributed by atoms with E-state index in [4.69, 9.17) is 0 Å². The van der Waals surface area contributed by atoms with E-state index >= 15 is 0 Å². The molecule has 0 saturated heterocycles. The molecule has 0 aliphatic rings.